The second-order valence-corrected chi connectivity index (χ2v) is 4.75. The molecule has 0 aliphatic carbocycles. The number of benzene rings is 1. The Morgan fingerprint density at radius 3 is 2.82 bits per heavy atom. The number of hydrogen-bond acceptors (Lipinski definition) is 2. The molecule has 2 aromatic rings. The lowest BCUT2D eigenvalue weighted by molar-refractivity contribution is 0.612. The van der Waals surface area contributed by atoms with Gasteiger partial charge in [0.15, 0.2) is 0 Å². The van der Waals surface area contributed by atoms with Gasteiger partial charge >= 0.3 is 0 Å². The number of halogens is 2. The Morgan fingerprint density at radius 1 is 1.41 bits per heavy atom. The summed E-state index contributed by atoms with van der Waals surface area (Å²) in [5, 5.41) is 3.16. The van der Waals surface area contributed by atoms with Crippen molar-refractivity contribution in [1.29, 1.82) is 0 Å². The molecule has 0 saturated carbocycles. The number of H-pyrrole nitrogens is 1. The van der Waals surface area contributed by atoms with Crippen molar-refractivity contribution in [3.8, 4) is 0 Å². The maximum Gasteiger partial charge on any atom is 0.142 e. The Balaban J connectivity index is 2.12. The molecule has 0 saturated heterocycles. The fourth-order valence-corrected chi connectivity index (χ4v) is 2.01. The lowest BCUT2D eigenvalue weighted by atomic mass is 10.2. The van der Waals surface area contributed by atoms with E-state index >= 15 is 0 Å². The number of imidazole rings is 1. The average Bonchev–Trinajstić information content (AvgIpc) is 2.71. The molecule has 17 heavy (non-hydrogen) atoms. The zero-order valence-electron chi connectivity index (χ0n) is 9.64. The van der Waals surface area contributed by atoms with Crippen LogP contribution in [0.15, 0.2) is 22.8 Å². The van der Waals surface area contributed by atoms with Gasteiger partial charge in [0.2, 0.25) is 0 Å². The van der Waals surface area contributed by atoms with E-state index in [4.69, 9.17) is 0 Å². The minimum atomic E-state index is -0.231. The zero-order valence-corrected chi connectivity index (χ0v) is 11.2. The standard InChI is InChI=1S/C12H13BrFN3/c1-7-5-16-11(17-7)6-15-10-4-3-9(13)12(14)8(10)2/h3-5,15H,6H2,1-2H3,(H,16,17). The Hall–Kier alpha value is -1.36. The molecule has 0 amide bonds. The van der Waals surface area contributed by atoms with Crippen LogP contribution < -0.4 is 5.32 Å². The van der Waals surface area contributed by atoms with Crippen LogP contribution in [0.2, 0.25) is 0 Å². The Morgan fingerprint density at radius 2 is 2.18 bits per heavy atom. The monoisotopic (exact) mass is 297 g/mol. The minimum absolute atomic E-state index is 0.231. The molecular formula is C12H13BrFN3. The molecule has 1 aromatic heterocycles. The summed E-state index contributed by atoms with van der Waals surface area (Å²) in [7, 11) is 0. The summed E-state index contributed by atoms with van der Waals surface area (Å²) < 4.78 is 14.1. The van der Waals surface area contributed by atoms with Crippen LogP contribution in [-0.2, 0) is 6.54 Å². The molecule has 0 fully saturated rings. The first-order valence-corrected chi connectivity index (χ1v) is 6.06. The van der Waals surface area contributed by atoms with Crippen LogP contribution in [0, 0.1) is 19.7 Å². The van der Waals surface area contributed by atoms with Crippen LogP contribution in [0.3, 0.4) is 0 Å². The third-order valence-electron chi connectivity index (χ3n) is 2.54. The van der Waals surface area contributed by atoms with Crippen LogP contribution in [0.5, 0.6) is 0 Å². The molecule has 0 aliphatic rings. The van der Waals surface area contributed by atoms with Gasteiger partial charge in [-0.15, -0.1) is 0 Å². The topological polar surface area (TPSA) is 40.7 Å². The van der Waals surface area contributed by atoms with E-state index in [1.807, 2.05) is 13.0 Å². The summed E-state index contributed by atoms with van der Waals surface area (Å²) in [6.07, 6.45) is 1.77. The van der Waals surface area contributed by atoms with Crippen molar-refractivity contribution in [3.05, 3.63) is 45.7 Å². The first-order chi connectivity index (χ1) is 8.08. The summed E-state index contributed by atoms with van der Waals surface area (Å²) in [6, 6.07) is 3.54. The van der Waals surface area contributed by atoms with E-state index in [-0.39, 0.29) is 5.82 Å². The van der Waals surface area contributed by atoms with Crippen molar-refractivity contribution >= 4 is 21.6 Å². The lowest BCUT2D eigenvalue weighted by Crippen LogP contribution is -2.03. The second kappa shape index (κ2) is 4.87. The summed E-state index contributed by atoms with van der Waals surface area (Å²) in [4.78, 5) is 7.29. The number of aromatic nitrogens is 2. The molecule has 0 atom stereocenters. The fraction of sp³-hybridized carbons (Fsp3) is 0.250. The minimum Gasteiger partial charge on any atom is -0.378 e. The first-order valence-electron chi connectivity index (χ1n) is 5.27. The average molecular weight is 298 g/mol. The molecule has 0 spiro atoms. The Bertz CT molecular complexity index is 537. The van der Waals surface area contributed by atoms with Gasteiger partial charge in [-0.25, -0.2) is 9.37 Å². The van der Waals surface area contributed by atoms with Gasteiger partial charge in [0.25, 0.3) is 0 Å². The van der Waals surface area contributed by atoms with E-state index in [9.17, 15) is 4.39 Å². The molecule has 2 N–H and O–H groups in total. The predicted molar refractivity (Wildman–Crippen MR) is 69.5 cm³/mol. The molecule has 0 bridgehead atoms. The normalized spacial score (nSPS) is 10.6. The predicted octanol–water partition coefficient (Wildman–Crippen LogP) is 3.54. The number of nitrogens with one attached hydrogen (secondary N) is 2. The molecule has 1 heterocycles. The van der Waals surface area contributed by atoms with Crippen LogP contribution in [0.1, 0.15) is 17.1 Å². The molecule has 1 aromatic carbocycles. The van der Waals surface area contributed by atoms with Crippen LogP contribution in [0.25, 0.3) is 0 Å². The molecule has 3 nitrogen and oxygen atoms in total. The Kier molecular flexibility index (Phi) is 3.47. The maximum atomic E-state index is 13.6. The van der Waals surface area contributed by atoms with Crippen molar-refractivity contribution in [1.82, 2.24) is 9.97 Å². The van der Waals surface area contributed by atoms with Crippen LogP contribution >= 0.6 is 15.9 Å². The van der Waals surface area contributed by atoms with E-state index in [1.54, 1.807) is 19.2 Å². The highest BCUT2D eigenvalue weighted by Crippen LogP contribution is 2.25. The second-order valence-electron chi connectivity index (χ2n) is 3.90. The summed E-state index contributed by atoms with van der Waals surface area (Å²) in [5.74, 6) is 0.607. The van der Waals surface area contributed by atoms with Gasteiger partial charge in [-0.3, -0.25) is 0 Å². The number of anilines is 1. The summed E-state index contributed by atoms with van der Waals surface area (Å²) >= 11 is 3.16. The quantitative estimate of drug-likeness (QED) is 0.910. The van der Waals surface area contributed by atoms with Crippen LogP contribution in [-0.4, -0.2) is 9.97 Å². The zero-order chi connectivity index (χ0) is 12.4. The van der Waals surface area contributed by atoms with E-state index in [2.05, 4.69) is 31.2 Å². The lowest BCUT2D eigenvalue weighted by Gasteiger charge is -2.09. The molecule has 0 radical (unpaired) electrons. The van der Waals surface area contributed by atoms with Gasteiger partial charge in [0.1, 0.15) is 11.6 Å². The van der Waals surface area contributed by atoms with Gasteiger partial charge < -0.3 is 10.3 Å². The van der Waals surface area contributed by atoms with Gasteiger partial charge in [0.05, 0.1) is 11.0 Å². The van der Waals surface area contributed by atoms with E-state index in [0.29, 0.717) is 16.6 Å². The van der Waals surface area contributed by atoms with Crippen LogP contribution in [0.4, 0.5) is 10.1 Å². The third kappa shape index (κ3) is 2.66. The molecular weight excluding hydrogens is 285 g/mol. The van der Waals surface area contributed by atoms with Crippen molar-refractivity contribution in [2.75, 3.05) is 5.32 Å². The van der Waals surface area contributed by atoms with E-state index in [1.165, 1.54) is 0 Å². The van der Waals surface area contributed by atoms with Crippen molar-refractivity contribution in [3.63, 3.8) is 0 Å². The molecule has 5 heteroatoms. The smallest absolute Gasteiger partial charge is 0.142 e. The first kappa shape index (κ1) is 12.1. The van der Waals surface area contributed by atoms with Gasteiger partial charge in [-0.05, 0) is 41.9 Å². The molecule has 0 aliphatic heterocycles. The highest BCUT2D eigenvalue weighted by atomic mass is 79.9. The number of aromatic amines is 1. The highest BCUT2D eigenvalue weighted by Gasteiger charge is 2.07. The van der Waals surface area contributed by atoms with Gasteiger partial charge in [-0.1, -0.05) is 0 Å². The molecule has 2 rings (SSSR count). The van der Waals surface area contributed by atoms with Gasteiger partial charge in [-0.2, -0.15) is 0 Å². The number of hydrogen-bond donors (Lipinski definition) is 2. The van der Waals surface area contributed by atoms with Crippen molar-refractivity contribution < 1.29 is 4.39 Å². The molecule has 90 valence electrons. The maximum absolute atomic E-state index is 13.6. The van der Waals surface area contributed by atoms with Crippen molar-refractivity contribution in [2.45, 2.75) is 20.4 Å². The molecule has 0 unspecified atom stereocenters. The van der Waals surface area contributed by atoms with Gasteiger partial charge in [0, 0.05) is 23.1 Å². The number of aryl methyl sites for hydroxylation is 1. The number of nitrogens with zero attached hydrogens (tertiary/aromatic N) is 1. The van der Waals surface area contributed by atoms with Crippen molar-refractivity contribution in [2.24, 2.45) is 0 Å². The largest absolute Gasteiger partial charge is 0.378 e. The van der Waals surface area contributed by atoms with E-state index < -0.39 is 0 Å². The van der Waals surface area contributed by atoms with E-state index in [0.717, 1.165) is 17.2 Å². The summed E-state index contributed by atoms with van der Waals surface area (Å²) in [6.45, 7) is 4.24. The summed E-state index contributed by atoms with van der Waals surface area (Å²) in [5.41, 5.74) is 2.39. The third-order valence-corrected chi connectivity index (χ3v) is 3.15. The fourth-order valence-electron chi connectivity index (χ4n) is 1.58. The Labute approximate surface area is 108 Å². The SMILES string of the molecule is Cc1cnc(CNc2ccc(Br)c(F)c2C)[nH]1. The highest BCUT2D eigenvalue weighted by molar-refractivity contribution is 9.10. The number of rotatable bonds is 3.